The summed E-state index contributed by atoms with van der Waals surface area (Å²) in [6, 6.07) is 0. The van der Waals surface area contributed by atoms with E-state index in [1.54, 1.807) is 0 Å². The first-order valence-corrected chi connectivity index (χ1v) is 11.2. The topological polar surface area (TPSA) is 40.2 Å². The summed E-state index contributed by atoms with van der Waals surface area (Å²) in [5.41, 5.74) is 0. The van der Waals surface area contributed by atoms with Crippen molar-refractivity contribution in [3.63, 3.8) is 0 Å². The molecule has 26 heavy (non-hydrogen) atoms. The highest BCUT2D eigenvalue weighted by molar-refractivity contribution is 4.76. The van der Waals surface area contributed by atoms with Gasteiger partial charge in [-0.05, 0) is 31.6 Å². The van der Waals surface area contributed by atoms with Gasteiger partial charge in [0.1, 0.15) is 6.10 Å². The molecule has 1 fully saturated rings. The van der Waals surface area contributed by atoms with Crippen molar-refractivity contribution in [2.45, 2.75) is 104 Å². The van der Waals surface area contributed by atoms with Gasteiger partial charge in [0.2, 0.25) is 0 Å². The first kappa shape index (κ1) is 23.9. The van der Waals surface area contributed by atoms with Crippen molar-refractivity contribution in [1.82, 2.24) is 0 Å². The van der Waals surface area contributed by atoms with E-state index >= 15 is 0 Å². The zero-order chi connectivity index (χ0) is 19.1. The largest absolute Gasteiger partial charge is 0.378 e. The van der Waals surface area contributed by atoms with Crippen LogP contribution in [0.15, 0.2) is 0 Å². The fraction of sp³-hybridized carbons (Fsp3) is 1.00. The highest BCUT2D eigenvalue weighted by Crippen LogP contribution is 2.30. The van der Waals surface area contributed by atoms with Gasteiger partial charge in [-0.2, -0.15) is 0 Å². The summed E-state index contributed by atoms with van der Waals surface area (Å²) in [5.74, 6) is 0.0450. The number of hydrogen-bond acceptors (Lipinski definition) is 4. The molecule has 156 valence electrons. The van der Waals surface area contributed by atoms with Gasteiger partial charge in [-0.25, -0.2) is 0 Å². The third-order valence-corrected chi connectivity index (χ3v) is 5.05. The Bertz CT molecular complexity index is 309. The molecule has 0 bridgehead atoms. The Morgan fingerprint density at radius 2 is 1.58 bits per heavy atom. The molecule has 0 radical (unpaired) electrons. The molecule has 1 heterocycles. The zero-order valence-electron chi connectivity index (χ0n) is 17.9. The van der Waals surface area contributed by atoms with Crippen molar-refractivity contribution < 1.29 is 18.9 Å². The molecular weight excluding hydrogens is 328 g/mol. The number of unbranched alkanes of at least 4 members (excludes halogenated alkanes) is 4. The summed E-state index contributed by atoms with van der Waals surface area (Å²) >= 11 is 0. The number of epoxide rings is 1. The second kappa shape index (κ2) is 14.8. The fourth-order valence-electron chi connectivity index (χ4n) is 3.34. The van der Waals surface area contributed by atoms with Crippen molar-refractivity contribution in [2.24, 2.45) is 5.92 Å². The normalized spacial score (nSPS) is 18.2. The van der Waals surface area contributed by atoms with E-state index in [9.17, 15) is 0 Å². The van der Waals surface area contributed by atoms with Gasteiger partial charge in [0.15, 0.2) is 5.79 Å². The van der Waals surface area contributed by atoms with Crippen LogP contribution in [0.25, 0.3) is 0 Å². The molecule has 0 aromatic heterocycles. The second-order valence-corrected chi connectivity index (χ2v) is 7.73. The molecule has 0 aromatic carbocycles. The van der Waals surface area contributed by atoms with E-state index in [0.29, 0.717) is 12.0 Å². The molecule has 1 aliphatic rings. The molecule has 0 aliphatic carbocycles. The lowest BCUT2D eigenvalue weighted by Gasteiger charge is -2.36. The Labute approximate surface area is 162 Å². The summed E-state index contributed by atoms with van der Waals surface area (Å²) in [5, 5.41) is 0. The third kappa shape index (κ3) is 10.9. The lowest BCUT2D eigenvalue weighted by Crippen LogP contribution is -2.39. The SMILES string of the molecule is CCCCCCCC(COCC1CO1)CC(CC)(OCCC)OCCC. The van der Waals surface area contributed by atoms with Gasteiger partial charge < -0.3 is 18.9 Å². The summed E-state index contributed by atoms with van der Waals surface area (Å²) in [4.78, 5) is 0. The Kier molecular flexibility index (Phi) is 13.6. The fourth-order valence-corrected chi connectivity index (χ4v) is 3.34. The van der Waals surface area contributed by atoms with Gasteiger partial charge in [-0.15, -0.1) is 0 Å². The predicted octanol–water partition coefficient (Wildman–Crippen LogP) is 5.73. The van der Waals surface area contributed by atoms with E-state index in [0.717, 1.165) is 58.7 Å². The van der Waals surface area contributed by atoms with Crippen molar-refractivity contribution in [2.75, 3.05) is 33.0 Å². The molecule has 4 nitrogen and oxygen atoms in total. The number of rotatable bonds is 19. The minimum Gasteiger partial charge on any atom is -0.378 e. The van der Waals surface area contributed by atoms with Crippen LogP contribution in [-0.4, -0.2) is 44.9 Å². The van der Waals surface area contributed by atoms with Crippen LogP contribution in [0.5, 0.6) is 0 Å². The predicted molar refractivity (Wildman–Crippen MR) is 108 cm³/mol. The van der Waals surface area contributed by atoms with E-state index in [1.807, 2.05) is 0 Å². The van der Waals surface area contributed by atoms with Crippen molar-refractivity contribution in [1.29, 1.82) is 0 Å². The van der Waals surface area contributed by atoms with Crippen LogP contribution >= 0.6 is 0 Å². The van der Waals surface area contributed by atoms with Crippen LogP contribution in [0.4, 0.5) is 0 Å². The lowest BCUT2D eigenvalue weighted by molar-refractivity contribution is -0.250. The molecule has 0 N–H and O–H groups in total. The maximum Gasteiger partial charge on any atom is 0.168 e. The molecule has 0 aromatic rings. The zero-order valence-corrected chi connectivity index (χ0v) is 17.9. The monoisotopic (exact) mass is 372 g/mol. The summed E-state index contributed by atoms with van der Waals surface area (Å²) < 4.78 is 23.7. The average Bonchev–Trinajstić information content (AvgIpc) is 3.48. The van der Waals surface area contributed by atoms with Crippen molar-refractivity contribution in [3.8, 4) is 0 Å². The summed E-state index contributed by atoms with van der Waals surface area (Å²) in [6.45, 7) is 12.7. The van der Waals surface area contributed by atoms with Gasteiger partial charge in [-0.3, -0.25) is 0 Å². The van der Waals surface area contributed by atoms with Gasteiger partial charge >= 0.3 is 0 Å². The summed E-state index contributed by atoms with van der Waals surface area (Å²) in [6.07, 6.45) is 12.0. The lowest BCUT2D eigenvalue weighted by atomic mass is 9.92. The molecule has 0 saturated carbocycles. The van der Waals surface area contributed by atoms with E-state index < -0.39 is 5.79 Å². The van der Waals surface area contributed by atoms with Crippen LogP contribution in [0.3, 0.4) is 0 Å². The Balaban J connectivity index is 2.55. The standard InChI is InChI=1S/C22H44O4/c1-5-9-10-11-12-13-20(17-23-18-21-19-24-21)16-22(8-4,25-14-6-2)26-15-7-3/h20-21H,5-19H2,1-4H3. The minimum absolute atomic E-state index is 0.337. The molecule has 0 spiro atoms. The molecule has 1 saturated heterocycles. The number of hydrogen-bond donors (Lipinski definition) is 0. The molecule has 2 unspecified atom stereocenters. The van der Waals surface area contributed by atoms with Crippen LogP contribution in [-0.2, 0) is 18.9 Å². The first-order chi connectivity index (χ1) is 12.7. The van der Waals surface area contributed by atoms with Crippen molar-refractivity contribution in [3.05, 3.63) is 0 Å². The van der Waals surface area contributed by atoms with Gasteiger partial charge in [-0.1, -0.05) is 59.8 Å². The first-order valence-electron chi connectivity index (χ1n) is 11.2. The maximum atomic E-state index is 6.24. The average molecular weight is 373 g/mol. The summed E-state index contributed by atoms with van der Waals surface area (Å²) in [7, 11) is 0. The van der Waals surface area contributed by atoms with E-state index in [4.69, 9.17) is 18.9 Å². The molecule has 0 amide bonds. The Morgan fingerprint density at radius 1 is 0.923 bits per heavy atom. The molecule has 2 atom stereocenters. The minimum atomic E-state index is -0.445. The van der Waals surface area contributed by atoms with E-state index in [1.165, 1.54) is 38.5 Å². The van der Waals surface area contributed by atoms with Crippen molar-refractivity contribution >= 4 is 0 Å². The molecular formula is C22H44O4. The molecule has 1 aliphatic heterocycles. The smallest absolute Gasteiger partial charge is 0.168 e. The number of ether oxygens (including phenoxy) is 4. The Morgan fingerprint density at radius 3 is 2.12 bits per heavy atom. The Hall–Kier alpha value is -0.160. The highest BCUT2D eigenvalue weighted by Gasteiger charge is 2.33. The quantitative estimate of drug-likeness (QED) is 0.165. The molecule has 1 rings (SSSR count). The van der Waals surface area contributed by atoms with E-state index in [2.05, 4.69) is 27.7 Å². The maximum absolute atomic E-state index is 6.24. The van der Waals surface area contributed by atoms with Crippen LogP contribution in [0, 0.1) is 5.92 Å². The van der Waals surface area contributed by atoms with Gasteiger partial charge in [0, 0.05) is 26.2 Å². The van der Waals surface area contributed by atoms with Gasteiger partial charge in [0.25, 0.3) is 0 Å². The molecule has 4 heteroatoms. The highest BCUT2D eigenvalue weighted by atomic mass is 16.7. The van der Waals surface area contributed by atoms with Crippen LogP contribution < -0.4 is 0 Å². The second-order valence-electron chi connectivity index (χ2n) is 7.73. The van der Waals surface area contributed by atoms with E-state index in [-0.39, 0.29) is 0 Å². The third-order valence-electron chi connectivity index (χ3n) is 5.05. The van der Waals surface area contributed by atoms with Crippen LogP contribution in [0.2, 0.25) is 0 Å². The van der Waals surface area contributed by atoms with Crippen LogP contribution in [0.1, 0.15) is 91.9 Å². The van der Waals surface area contributed by atoms with Gasteiger partial charge in [0.05, 0.1) is 13.2 Å².